The standard InChI is InChI=1S/C22H32N2O5/c1-4-13-23-14-10-5-6-11-20-9-29-22(28,21(11,17(10)26)16(14)24-13)18(27)15(20)19(2,3)8-7-12(20)25/h10-12,15,17-18,25-28H,4-9H2,1-3H3,(H,23,24)/t10-,11?,12-,15?,17+,18-,20+,21?,22-/m0/s1. The number of aliphatic hydroxyl groups is 4. The second-order valence-corrected chi connectivity index (χ2v) is 10.9. The van der Waals surface area contributed by atoms with Gasteiger partial charge in [0.15, 0.2) is 0 Å². The van der Waals surface area contributed by atoms with Gasteiger partial charge in [0.1, 0.15) is 17.3 Å². The molecule has 5 fully saturated rings. The third kappa shape index (κ3) is 1.69. The highest BCUT2D eigenvalue weighted by molar-refractivity contribution is 5.48. The lowest BCUT2D eigenvalue weighted by Crippen LogP contribution is -2.86. The SMILES string of the molecule is CCc1nc2c([nH]1)[C@@H]1CCC3C2([C@@H]1O)[C@@]1(O)OC[C@@]32C([C@@H]1O)C(C)(C)CC[C@@H]2O. The minimum absolute atomic E-state index is 0.156. The van der Waals surface area contributed by atoms with Crippen LogP contribution in [0.3, 0.4) is 0 Å². The summed E-state index contributed by atoms with van der Waals surface area (Å²) in [4.78, 5) is 8.20. The predicted octanol–water partition coefficient (Wildman–Crippen LogP) is 0.955. The van der Waals surface area contributed by atoms with E-state index >= 15 is 0 Å². The van der Waals surface area contributed by atoms with Gasteiger partial charge in [0.05, 0.1) is 24.5 Å². The summed E-state index contributed by atoms with van der Waals surface area (Å²) < 4.78 is 6.09. The highest BCUT2D eigenvalue weighted by Gasteiger charge is 2.85. The molecular formula is C22H32N2O5. The minimum Gasteiger partial charge on any atom is -0.392 e. The van der Waals surface area contributed by atoms with Crippen molar-refractivity contribution in [3.63, 3.8) is 0 Å². The molecule has 3 unspecified atom stereocenters. The number of hydrogen-bond donors (Lipinski definition) is 5. The Morgan fingerprint density at radius 1 is 1.14 bits per heavy atom. The van der Waals surface area contributed by atoms with Gasteiger partial charge in [-0.15, -0.1) is 0 Å². The molecule has 3 heterocycles. The van der Waals surface area contributed by atoms with Crippen molar-refractivity contribution in [3.05, 3.63) is 17.2 Å². The van der Waals surface area contributed by atoms with Crippen LogP contribution in [0.5, 0.6) is 0 Å². The van der Waals surface area contributed by atoms with E-state index in [0.29, 0.717) is 12.1 Å². The zero-order valence-electron chi connectivity index (χ0n) is 17.4. The number of aryl methyl sites for hydroxylation is 1. The van der Waals surface area contributed by atoms with E-state index in [9.17, 15) is 20.4 Å². The van der Waals surface area contributed by atoms with E-state index < -0.39 is 34.9 Å². The zero-order valence-corrected chi connectivity index (χ0v) is 17.4. The van der Waals surface area contributed by atoms with E-state index in [0.717, 1.165) is 37.2 Å². The van der Waals surface area contributed by atoms with Gasteiger partial charge in [-0.1, -0.05) is 20.8 Å². The van der Waals surface area contributed by atoms with Crippen molar-refractivity contribution in [2.75, 3.05) is 6.61 Å². The molecule has 2 spiro atoms. The molecule has 7 heteroatoms. The second-order valence-electron chi connectivity index (χ2n) is 10.9. The van der Waals surface area contributed by atoms with Crippen LogP contribution in [0.25, 0.3) is 0 Å². The van der Waals surface area contributed by atoms with Crippen molar-refractivity contribution in [1.82, 2.24) is 9.97 Å². The first-order valence-electron chi connectivity index (χ1n) is 11.2. The van der Waals surface area contributed by atoms with Crippen molar-refractivity contribution in [3.8, 4) is 0 Å². The van der Waals surface area contributed by atoms with Gasteiger partial charge < -0.3 is 30.1 Å². The summed E-state index contributed by atoms with van der Waals surface area (Å²) in [6.45, 7) is 6.47. The lowest BCUT2D eigenvalue weighted by atomic mass is 9.35. The van der Waals surface area contributed by atoms with E-state index in [1.165, 1.54) is 0 Å². The molecule has 7 rings (SSSR count). The molecule has 0 amide bonds. The number of fused-ring (bicyclic) bond motifs is 4. The Morgan fingerprint density at radius 2 is 1.90 bits per heavy atom. The first kappa shape index (κ1) is 18.8. The molecule has 1 aromatic rings. The molecule has 4 aliphatic carbocycles. The lowest BCUT2D eigenvalue weighted by Gasteiger charge is -2.75. The fraction of sp³-hybridized carbons (Fsp3) is 0.864. The largest absolute Gasteiger partial charge is 0.392 e. The predicted molar refractivity (Wildman–Crippen MR) is 103 cm³/mol. The lowest BCUT2D eigenvalue weighted by molar-refractivity contribution is -0.449. The number of aromatic amines is 1. The van der Waals surface area contributed by atoms with E-state index in [4.69, 9.17) is 9.72 Å². The summed E-state index contributed by atoms with van der Waals surface area (Å²) in [6.07, 6.45) is 0.967. The van der Waals surface area contributed by atoms with Gasteiger partial charge in [-0.3, -0.25) is 0 Å². The number of hydrogen-bond acceptors (Lipinski definition) is 6. The fourth-order valence-electron chi connectivity index (χ4n) is 8.61. The van der Waals surface area contributed by atoms with Crippen molar-refractivity contribution < 1.29 is 25.2 Å². The second kappa shape index (κ2) is 5.25. The maximum Gasteiger partial charge on any atom is 0.206 e. The molecule has 5 N–H and O–H groups in total. The third-order valence-electron chi connectivity index (χ3n) is 9.65. The molecule has 2 saturated heterocycles. The third-order valence-corrected chi connectivity index (χ3v) is 9.65. The number of nitrogens with one attached hydrogen (secondary N) is 1. The summed E-state index contributed by atoms with van der Waals surface area (Å²) in [5.41, 5.74) is -0.626. The van der Waals surface area contributed by atoms with Crippen molar-refractivity contribution in [2.24, 2.45) is 22.7 Å². The molecule has 9 atom stereocenters. The zero-order chi connectivity index (χ0) is 20.6. The molecule has 160 valence electrons. The maximum absolute atomic E-state index is 12.0. The summed E-state index contributed by atoms with van der Waals surface area (Å²) in [6, 6.07) is 0. The Morgan fingerprint density at radius 3 is 2.62 bits per heavy atom. The van der Waals surface area contributed by atoms with Crippen molar-refractivity contribution in [2.45, 2.75) is 88.3 Å². The van der Waals surface area contributed by atoms with E-state index in [2.05, 4.69) is 18.8 Å². The monoisotopic (exact) mass is 404 g/mol. The van der Waals surface area contributed by atoms with Crippen LogP contribution in [0.2, 0.25) is 0 Å². The number of aliphatic hydroxyl groups excluding tert-OH is 3. The Hall–Kier alpha value is -0.990. The first-order chi connectivity index (χ1) is 13.7. The van der Waals surface area contributed by atoms with Crippen LogP contribution in [0, 0.1) is 22.7 Å². The topological polar surface area (TPSA) is 119 Å². The van der Waals surface area contributed by atoms with Gasteiger partial charge in [0.25, 0.3) is 0 Å². The number of rotatable bonds is 1. The summed E-state index contributed by atoms with van der Waals surface area (Å²) in [7, 11) is 0. The van der Waals surface area contributed by atoms with Gasteiger partial charge in [-0.2, -0.15) is 0 Å². The number of aromatic nitrogens is 2. The van der Waals surface area contributed by atoms with Crippen LogP contribution in [-0.4, -0.2) is 61.1 Å². The van der Waals surface area contributed by atoms with Gasteiger partial charge >= 0.3 is 0 Å². The van der Waals surface area contributed by atoms with E-state index in [-0.39, 0.29) is 29.8 Å². The Kier molecular flexibility index (Phi) is 3.39. The van der Waals surface area contributed by atoms with Crippen LogP contribution in [0.15, 0.2) is 0 Å². The highest BCUT2D eigenvalue weighted by atomic mass is 16.6. The molecule has 2 aliphatic heterocycles. The molecule has 3 saturated carbocycles. The molecule has 4 bridgehead atoms. The van der Waals surface area contributed by atoms with E-state index in [1.807, 2.05) is 6.92 Å². The Labute approximate surface area is 170 Å². The smallest absolute Gasteiger partial charge is 0.206 e. The quantitative estimate of drug-likeness (QED) is 0.476. The average Bonchev–Trinajstić information content (AvgIpc) is 3.14. The highest BCUT2D eigenvalue weighted by Crippen LogP contribution is 2.76. The van der Waals surface area contributed by atoms with Gasteiger partial charge in [0.2, 0.25) is 5.79 Å². The van der Waals surface area contributed by atoms with Crippen molar-refractivity contribution >= 4 is 0 Å². The molecule has 0 aromatic carbocycles. The van der Waals surface area contributed by atoms with Gasteiger partial charge in [-0.25, -0.2) is 4.98 Å². The van der Waals surface area contributed by atoms with Crippen LogP contribution in [0.1, 0.15) is 69.6 Å². The normalized spacial score (nSPS) is 54.0. The maximum atomic E-state index is 12.0. The molecule has 1 aromatic heterocycles. The molecular weight excluding hydrogens is 372 g/mol. The number of H-pyrrole nitrogens is 1. The first-order valence-corrected chi connectivity index (χ1v) is 11.2. The van der Waals surface area contributed by atoms with Crippen molar-refractivity contribution in [1.29, 1.82) is 0 Å². The van der Waals surface area contributed by atoms with Gasteiger partial charge in [-0.05, 0) is 37.0 Å². The van der Waals surface area contributed by atoms with Gasteiger partial charge in [0, 0.05) is 29.4 Å². The number of ether oxygens (including phenoxy) is 1. The van der Waals surface area contributed by atoms with E-state index in [1.54, 1.807) is 0 Å². The Bertz CT molecular complexity index is 885. The average molecular weight is 405 g/mol. The van der Waals surface area contributed by atoms with Crippen LogP contribution in [-0.2, 0) is 16.6 Å². The summed E-state index contributed by atoms with van der Waals surface area (Å²) in [5.74, 6) is -1.74. The van der Waals surface area contributed by atoms with Crippen LogP contribution >= 0.6 is 0 Å². The molecule has 6 aliphatic rings. The minimum atomic E-state index is -1.91. The number of imidazole rings is 1. The van der Waals surface area contributed by atoms with Crippen LogP contribution in [0.4, 0.5) is 0 Å². The summed E-state index contributed by atoms with van der Waals surface area (Å²) >= 11 is 0. The molecule has 0 radical (unpaired) electrons. The van der Waals surface area contributed by atoms with Crippen LogP contribution < -0.4 is 0 Å². The molecule has 29 heavy (non-hydrogen) atoms. The fourth-order valence-corrected chi connectivity index (χ4v) is 8.61. The molecule has 7 nitrogen and oxygen atoms in total. The Balaban J connectivity index is 1.66. The number of nitrogens with zero attached hydrogens (tertiary/aromatic N) is 1. The summed E-state index contributed by atoms with van der Waals surface area (Å²) in [5, 5.41) is 46.6.